The summed E-state index contributed by atoms with van der Waals surface area (Å²) in [5.74, 6) is -3.16. The predicted octanol–water partition coefficient (Wildman–Crippen LogP) is 1.32. The lowest BCUT2D eigenvalue weighted by molar-refractivity contribution is 0.230. The van der Waals surface area contributed by atoms with E-state index in [2.05, 4.69) is 0 Å². The first-order valence-corrected chi connectivity index (χ1v) is 5.77. The van der Waals surface area contributed by atoms with Crippen LogP contribution in [0.5, 0.6) is 0 Å². The van der Waals surface area contributed by atoms with E-state index in [0.717, 1.165) is 12.8 Å². The average Bonchev–Trinajstić information content (AvgIpc) is 2.35. The Morgan fingerprint density at radius 2 is 2.00 bits per heavy atom. The standard InChI is InChI=1S/C7H13F2NO2S/c1-5-3-2-4-6(5)10-13(11,12)7(8)9/h5-7,10H,2-4H2,1H3. The van der Waals surface area contributed by atoms with Gasteiger partial charge in [0.05, 0.1) is 0 Å². The summed E-state index contributed by atoms with van der Waals surface area (Å²) >= 11 is 0. The van der Waals surface area contributed by atoms with Crippen molar-refractivity contribution in [3.8, 4) is 0 Å². The molecule has 0 bridgehead atoms. The van der Waals surface area contributed by atoms with Crippen molar-refractivity contribution in [3.05, 3.63) is 0 Å². The average molecular weight is 213 g/mol. The Bertz CT molecular complexity index is 266. The van der Waals surface area contributed by atoms with E-state index in [0.29, 0.717) is 6.42 Å². The van der Waals surface area contributed by atoms with Crippen LogP contribution >= 0.6 is 0 Å². The molecule has 0 radical (unpaired) electrons. The molecule has 1 N–H and O–H groups in total. The summed E-state index contributed by atoms with van der Waals surface area (Å²) in [6.45, 7) is 1.87. The maximum Gasteiger partial charge on any atom is 0.350 e. The highest BCUT2D eigenvalue weighted by molar-refractivity contribution is 7.89. The summed E-state index contributed by atoms with van der Waals surface area (Å²) in [6.07, 6.45) is 2.46. The van der Waals surface area contributed by atoms with Crippen LogP contribution in [-0.2, 0) is 10.0 Å². The van der Waals surface area contributed by atoms with Crippen molar-refractivity contribution in [1.29, 1.82) is 0 Å². The van der Waals surface area contributed by atoms with Crippen molar-refractivity contribution in [2.24, 2.45) is 5.92 Å². The quantitative estimate of drug-likeness (QED) is 0.768. The number of hydrogen-bond donors (Lipinski definition) is 1. The minimum atomic E-state index is -4.40. The van der Waals surface area contributed by atoms with Gasteiger partial charge >= 0.3 is 5.76 Å². The molecule has 0 aromatic heterocycles. The fourth-order valence-electron chi connectivity index (χ4n) is 1.58. The third-order valence-electron chi connectivity index (χ3n) is 2.41. The molecule has 0 spiro atoms. The van der Waals surface area contributed by atoms with Gasteiger partial charge in [-0.05, 0) is 18.8 Å². The van der Waals surface area contributed by atoms with Crippen LogP contribution in [0, 0.1) is 5.92 Å². The first-order chi connectivity index (χ1) is 5.93. The lowest BCUT2D eigenvalue weighted by Gasteiger charge is -2.16. The van der Waals surface area contributed by atoms with E-state index in [1.54, 1.807) is 0 Å². The molecule has 3 nitrogen and oxygen atoms in total. The summed E-state index contributed by atoms with van der Waals surface area (Å²) in [4.78, 5) is 0. The van der Waals surface area contributed by atoms with Crippen LogP contribution < -0.4 is 4.72 Å². The second-order valence-corrected chi connectivity index (χ2v) is 5.12. The molecule has 2 atom stereocenters. The molecule has 0 heterocycles. The lowest BCUT2D eigenvalue weighted by Crippen LogP contribution is -2.39. The zero-order chi connectivity index (χ0) is 10.1. The van der Waals surface area contributed by atoms with Gasteiger partial charge in [0.1, 0.15) is 0 Å². The van der Waals surface area contributed by atoms with Gasteiger partial charge in [0.2, 0.25) is 0 Å². The highest BCUT2D eigenvalue weighted by atomic mass is 32.2. The molecule has 0 aliphatic heterocycles. The lowest BCUT2D eigenvalue weighted by atomic mass is 10.1. The fraction of sp³-hybridized carbons (Fsp3) is 1.00. The first kappa shape index (κ1) is 10.8. The monoisotopic (exact) mass is 213 g/mol. The molecule has 2 unspecified atom stereocenters. The maximum absolute atomic E-state index is 11.9. The van der Waals surface area contributed by atoms with Gasteiger partial charge in [-0.3, -0.25) is 0 Å². The van der Waals surface area contributed by atoms with E-state index in [1.165, 1.54) is 0 Å². The van der Waals surface area contributed by atoms with Gasteiger partial charge in [-0.25, -0.2) is 13.1 Å². The van der Waals surface area contributed by atoms with Crippen LogP contribution in [0.4, 0.5) is 8.78 Å². The molecule has 13 heavy (non-hydrogen) atoms. The molecule has 1 saturated carbocycles. The van der Waals surface area contributed by atoms with E-state index in [1.807, 2.05) is 11.6 Å². The van der Waals surface area contributed by atoms with Crippen LogP contribution in [0.2, 0.25) is 0 Å². The minimum Gasteiger partial charge on any atom is -0.207 e. The molecule has 0 saturated heterocycles. The van der Waals surface area contributed by atoms with Gasteiger partial charge in [-0.2, -0.15) is 8.78 Å². The Morgan fingerprint density at radius 3 is 2.38 bits per heavy atom. The Labute approximate surface area is 76.6 Å². The van der Waals surface area contributed by atoms with Crippen molar-refractivity contribution in [2.75, 3.05) is 0 Å². The molecule has 78 valence electrons. The molecule has 6 heteroatoms. The Kier molecular flexibility index (Phi) is 3.23. The van der Waals surface area contributed by atoms with Gasteiger partial charge < -0.3 is 0 Å². The van der Waals surface area contributed by atoms with Crippen LogP contribution in [0.15, 0.2) is 0 Å². The Balaban J connectivity index is 2.58. The van der Waals surface area contributed by atoms with Crippen molar-refractivity contribution < 1.29 is 17.2 Å². The van der Waals surface area contributed by atoms with Gasteiger partial charge in [0, 0.05) is 6.04 Å². The topological polar surface area (TPSA) is 46.2 Å². The Morgan fingerprint density at radius 1 is 1.38 bits per heavy atom. The van der Waals surface area contributed by atoms with Crippen LogP contribution in [-0.4, -0.2) is 20.2 Å². The molecular weight excluding hydrogens is 200 g/mol. The highest BCUT2D eigenvalue weighted by Gasteiger charge is 2.32. The number of sulfonamides is 1. The molecule has 0 amide bonds. The Hall–Kier alpha value is -0.230. The second-order valence-electron chi connectivity index (χ2n) is 3.44. The van der Waals surface area contributed by atoms with Gasteiger partial charge in [-0.15, -0.1) is 0 Å². The van der Waals surface area contributed by atoms with E-state index >= 15 is 0 Å². The molecular formula is C7H13F2NO2S. The number of rotatable bonds is 3. The van der Waals surface area contributed by atoms with Crippen LogP contribution in [0.1, 0.15) is 26.2 Å². The summed E-state index contributed by atoms with van der Waals surface area (Å²) in [6, 6.07) is -0.306. The zero-order valence-electron chi connectivity index (χ0n) is 7.33. The molecule has 0 aromatic rings. The summed E-state index contributed by atoms with van der Waals surface area (Å²) in [5.41, 5.74) is 0. The van der Waals surface area contributed by atoms with E-state index in [4.69, 9.17) is 0 Å². The van der Waals surface area contributed by atoms with Crippen LogP contribution in [0.25, 0.3) is 0 Å². The van der Waals surface area contributed by atoms with Gasteiger partial charge in [0.25, 0.3) is 10.0 Å². The van der Waals surface area contributed by atoms with Gasteiger partial charge in [-0.1, -0.05) is 13.3 Å². The summed E-state index contributed by atoms with van der Waals surface area (Å²) in [7, 11) is -4.40. The molecule has 1 aliphatic carbocycles. The predicted molar refractivity (Wildman–Crippen MR) is 44.9 cm³/mol. The largest absolute Gasteiger partial charge is 0.350 e. The zero-order valence-corrected chi connectivity index (χ0v) is 8.15. The van der Waals surface area contributed by atoms with Crippen molar-refractivity contribution in [1.82, 2.24) is 4.72 Å². The van der Waals surface area contributed by atoms with Crippen molar-refractivity contribution in [3.63, 3.8) is 0 Å². The number of alkyl halides is 2. The van der Waals surface area contributed by atoms with Gasteiger partial charge in [0.15, 0.2) is 0 Å². The number of halogens is 2. The molecule has 1 aliphatic rings. The van der Waals surface area contributed by atoms with E-state index in [-0.39, 0.29) is 12.0 Å². The molecule has 0 aromatic carbocycles. The third kappa shape index (κ3) is 2.60. The smallest absolute Gasteiger partial charge is 0.207 e. The minimum absolute atomic E-state index is 0.161. The normalized spacial score (nSPS) is 29.8. The van der Waals surface area contributed by atoms with Crippen LogP contribution in [0.3, 0.4) is 0 Å². The highest BCUT2D eigenvalue weighted by Crippen LogP contribution is 2.25. The fourth-order valence-corrected chi connectivity index (χ4v) is 2.46. The maximum atomic E-state index is 11.9. The first-order valence-electron chi connectivity index (χ1n) is 4.23. The molecule has 1 fully saturated rings. The third-order valence-corrected chi connectivity index (χ3v) is 3.51. The summed E-state index contributed by atoms with van der Waals surface area (Å²) < 4.78 is 47.5. The SMILES string of the molecule is CC1CCCC1NS(=O)(=O)C(F)F. The number of nitrogens with one attached hydrogen (secondary N) is 1. The van der Waals surface area contributed by atoms with E-state index in [9.17, 15) is 17.2 Å². The van der Waals surface area contributed by atoms with Crippen molar-refractivity contribution in [2.45, 2.75) is 38.0 Å². The van der Waals surface area contributed by atoms with Crippen molar-refractivity contribution >= 4 is 10.0 Å². The summed E-state index contributed by atoms with van der Waals surface area (Å²) in [5, 5.41) is 0. The number of hydrogen-bond acceptors (Lipinski definition) is 2. The molecule has 1 rings (SSSR count). The van der Waals surface area contributed by atoms with E-state index < -0.39 is 15.8 Å². The second kappa shape index (κ2) is 3.88.